The fourth-order valence-corrected chi connectivity index (χ4v) is 14.4. The summed E-state index contributed by atoms with van der Waals surface area (Å²) in [6.07, 6.45) is 69.4. The number of nitrogens with one attached hydrogen (secondary N) is 6. The molecule has 0 saturated heterocycles. The summed E-state index contributed by atoms with van der Waals surface area (Å²) in [5, 5.41) is 19.5. The van der Waals surface area contributed by atoms with Gasteiger partial charge in [0.2, 0.25) is 35.4 Å². The van der Waals surface area contributed by atoms with Crippen molar-refractivity contribution in [1.29, 1.82) is 0 Å². The van der Waals surface area contributed by atoms with Crippen molar-refractivity contribution in [2.45, 2.75) is 466 Å². The Kier molecular flexibility index (Phi) is 74.5. The molecule has 0 aromatic carbocycles. The van der Waals surface area contributed by atoms with E-state index in [2.05, 4.69) is 97.1 Å². The van der Waals surface area contributed by atoms with Gasteiger partial charge in [-0.05, 0) is 116 Å². The molecule has 6 amide bonds. The summed E-state index contributed by atoms with van der Waals surface area (Å²) >= 11 is 0. The van der Waals surface area contributed by atoms with E-state index in [1.807, 2.05) is 0 Å². The Balaban J connectivity index is 5.40. The van der Waals surface area contributed by atoms with Crippen molar-refractivity contribution in [2.24, 2.45) is 5.41 Å². The highest BCUT2D eigenvalue weighted by Gasteiger charge is 2.29. The summed E-state index contributed by atoms with van der Waals surface area (Å²) in [7, 11) is 0. The fraction of sp³-hybridized carbons (Fsp3) is 0.933. The third-order valence-electron chi connectivity index (χ3n) is 21.6. The van der Waals surface area contributed by atoms with Gasteiger partial charge in [-0.2, -0.15) is 0 Å². The first-order chi connectivity index (χ1) is 50.2. The highest BCUT2D eigenvalue weighted by atomic mass is 16.2. The highest BCUT2D eigenvalue weighted by molar-refractivity contribution is 5.84. The summed E-state index contributed by atoms with van der Waals surface area (Å²) in [5.41, 5.74) is -0.402. The Hall–Kier alpha value is -3.26. The lowest BCUT2D eigenvalue weighted by atomic mass is 9.85. The largest absolute Gasteiger partial charge is 0.356 e. The van der Waals surface area contributed by atoms with Crippen molar-refractivity contribution in [3.05, 3.63) is 0 Å². The molecule has 608 valence electrons. The van der Waals surface area contributed by atoms with Gasteiger partial charge in [0.05, 0.1) is 0 Å². The molecule has 0 bridgehead atoms. The van der Waals surface area contributed by atoms with E-state index >= 15 is 0 Å². The predicted molar refractivity (Wildman–Crippen MR) is 443 cm³/mol. The SMILES string of the molecule is CCCCCCCCCCCNC(=O)CCCCCN(CCCCCCCC(=O)NC(CCCC)CCCCCCCC)CCNC(=O)CCC(=O)NCCN(CCCCCCC(C)(C)C(=O)NC(CCCCCCC)CCCCCCCC)CCCCCC(=O)NCCCCCCCCCCC. The van der Waals surface area contributed by atoms with Crippen LogP contribution in [-0.4, -0.2) is 123 Å². The van der Waals surface area contributed by atoms with Gasteiger partial charge < -0.3 is 41.7 Å². The number of hydrogen-bond donors (Lipinski definition) is 6. The number of carbonyl (C=O) groups excluding carboxylic acids is 6. The number of amides is 6. The van der Waals surface area contributed by atoms with E-state index in [0.717, 1.165) is 206 Å². The Bertz CT molecular complexity index is 1900. The minimum atomic E-state index is -0.402. The Morgan fingerprint density at radius 3 is 0.854 bits per heavy atom. The number of nitrogens with zero attached hydrogens (tertiary/aromatic N) is 2. The van der Waals surface area contributed by atoms with Crippen molar-refractivity contribution in [3.63, 3.8) is 0 Å². The Labute approximate surface area is 639 Å². The van der Waals surface area contributed by atoms with Crippen molar-refractivity contribution in [2.75, 3.05) is 65.4 Å². The van der Waals surface area contributed by atoms with E-state index in [1.165, 1.54) is 212 Å². The molecule has 14 heteroatoms. The zero-order valence-corrected chi connectivity index (χ0v) is 69.9. The van der Waals surface area contributed by atoms with Crippen LogP contribution in [0.25, 0.3) is 0 Å². The third-order valence-corrected chi connectivity index (χ3v) is 21.6. The fourth-order valence-electron chi connectivity index (χ4n) is 14.4. The second-order valence-electron chi connectivity index (χ2n) is 32.3. The molecular formula is C89H176N8O6. The summed E-state index contributed by atoms with van der Waals surface area (Å²) in [4.78, 5) is 83.7. The molecule has 0 heterocycles. The molecule has 0 aliphatic rings. The first kappa shape index (κ1) is 99.7. The third kappa shape index (κ3) is 70.2. The second-order valence-corrected chi connectivity index (χ2v) is 32.3. The molecular weight excluding hydrogens is 1280 g/mol. The zero-order chi connectivity index (χ0) is 75.4. The van der Waals surface area contributed by atoms with Crippen LogP contribution in [0.5, 0.6) is 0 Å². The van der Waals surface area contributed by atoms with Gasteiger partial charge in [0, 0.05) is 88.9 Å². The molecule has 0 aromatic rings. The summed E-state index contributed by atoms with van der Waals surface area (Å²) in [5.74, 6) is 0.557. The van der Waals surface area contributed by atoms with E-state index in [4.69, 9.17) is 0 Å². The number of carbonyl (C=O) groups is 6. The van der Waals surface area contributed by atoms with E-state index in [0.29, 0.717) is 38.4 Å². The molecule has 0 saturated carbocycles. The summed E-state index contributed by atoms with van der Waals surface area (Å²) in [6.45, 7) is 25.6. The maximum absolute atomic E-state index is 13.8. The smallest absolute Gasteiger partial charge is 0.225 e. The van der Waals surface area contributed by atoms with Crippen molar-refractivity contribution < 1.29 is 28.8 Å². The topological polar surface area (TPSA) is 181 Å². The maximum atomic E-state index is 13.8. The van der Waals surface area contributed by atoms with Crippen LogP contribution in [0.15, 0.2) is 0 Å². The quantitative estimate of drug-likeness (QED) is 0.0326. The number of unbranched alkanes of at least 4 members (excludes halogenated alkanes) is 42. The first-order valence-corrected chi connectivity index (χ1v) is 45.4. The van der Waals surface area contributed by atoms with Gasteiger partial charge in [0.15, 0.2) is 0 Å². The van der Waals surface area contributed by atoms with Crippen LogP contribution in [0.3, 0.4) is 0 Å². The number of hydrogen-bond acceptors (Lipinski definition) is 8. The van der Waals surface area contributed by atoms with Crippen LogP contribution in [0.4, 0.5) is 0 Å². The maximum Gasteiger partial charge on any atom is 0.225 e. The van der Waals surface area contributed by atoms with E-state index in [-0.39, 0.29) is 54.3 Å². The van der Waals surface area contributed by atoms with Gasteiger partial charge in [0.1, 0.15) is 0 Å². The molecule has 0 radical (unpaired) electrons. The van der Waals surface area contributed by atoms with Crippen molar-refractivity contribution in [1.82, 2.24) is 41.7 Å². The molecule has 0 aliphatic carbocycles. The van der Waals surface area contributed by atoms with Crippen LogP contribution >= 0.6 is 0 Å². The van der Waals surface area contributed by atoms with Gasteiger partial charge in [-0.25, -0.2) is 0 Å². The van der Waals surface area contributed by atoms with E-state index in [1.54, 1.807) is 0 Å². The molecule has 0 spiro atoms. The lowest BCUT2D eigenvalue weighted by Crippen LogP contribution is -2.43. The monoisotopic (exact) mass is 1450 g/mol. The molecule has 0 rings (SSSR count). The molecule has 2 atom stereocenters. The average Bonchev–Trinajstić information content (AvgIpc) is 0.880. The summed E-state index contributed by atoms with van der Waals surface area (Å²) in [6, 6.07) is 0.585. The Morgan fingerprint density at radius 1 is 0.243 bits per heavy atom. The van der Waals surface area contributed by atoms with Gasteiger partial charge in [0.25, 0.3) is 0 Å². The molecule has 0 fully saturated rings. The van der Waals surface area contributed by atoms with Gasteiger partial charge in [-0.1, -0.05) is 331 Å². The number of rotatable bonds is 82. The second kappa shape index (κ2) is 76.9. The van der Waals surface area contributed by atoms with Gasteiger partial charge in [-0.3, -0.25) is 28.8 Å². The minimum absolute atomic E-state index is 0.102. The molecule has 14 nitrogen and oxygen atoms in total. The standard InChI is InChI=1S/C89H176N8O6/c1-9-15-21-26-30-32-34-42-55-71-90-83(98)65-52-46-59-77-96(75-57-44-36-40-51-67-87(102)94-81(61-20-14-6)62-49-38-28-23-17-11-3)79-73-92-85(100)68-69-86(101)93-74-80-97(78-60-47-53-66-84(99)91-72-56-43-35-33-31-27-22-16-10-2)76-58-45-41-54-70-89(7,8)88(103)95-82(63-48-37-25-19-13-5)64-50-39-29-24-18-12-4/h81-82H,9-80H2,1-8H3,(H,90,98)(H,91,99)(H,92,100)(H,93,101)(H,94,102)(H,95,103). The van der Waals surface area contributed by atoms with Crippen molar-refractivity contribution in [3.8, 4) is 0 Å². The predicted octanol–water partition coefficient (Wildman–Crippen LogP) is 22.4. The molecule has 0 aromatic heterocycles. The first-order valence-electron chi connectivity index (χ1n) is 45.4. The lowest BCUT2D eigenvalue weighted by Gasteiger charge is -2.28. The zero-order valence-electron chi connectivity index (χ0n) is 69.9. The van der Waals surface area contributed by atoms with E-state index < -0.39 is 5.41 Å². The summed E-state index contributed by atoms with van der Waals surface area (Å²) < 4.78 is 0. The van der Waals surface area contributed by atoms with Crippen LogP contribution in [-0.2, 0) is 28.8 Å². The highest BCUT2D eigenvalue weighted by Crippen LogP contribution is 2.26. The molecule has 2 unspecified atom stereocenters. The normalized spacial score (nSPS) is 12.3. The molecule has 6 N–H and O–H groups in total. The van der Waals surface area contributed by atoms with Crippen LogP contribution in [0.1, 0.15) is 453 Å². The van der Waals surface area contributed by atoms with Crippen LogP contribution in [0, 0.1) is 5.41 Å². The lowest BCUT2D eigenvalue weighted by molar-refractivity contribution is -0.130. The van der Waals surface area contributed by atoms with Gasteiger partial charge in [-0.15, -0.1) is 0 Å². The minimum Gasteiger partial charge on any atom is -0.356 e. The van der Waals surface area contributed by atoms with Crippen LogP contribution < -0.4 is 31.9 Å². The van der Waals surface area contributed by atoms with Crippen LogP contribution in [0.2, 0.25) is 0 Å². The molecule has 103 heavy (non-hydrogen) atoms. The van der Waals surface area contributed by atoms with Crippen molar-refractivity contribution >= 4 is 35.4 Å². The Morgan fingerprint density at radius 2 is 0.495 bits per heavy atom. The van der Waals surface area contributed by atoms with Gasteiger partial charge >= 0.3 is 0 Å². The molecule has 0 aliphatic heterocycles. The van der Waals surface area contributed by atoms with E-state index in [9.17, 15) is 28.8 Å². The average molecular weight is 1450 g/mol.